The number of methoxy groups -OCH3 is 2. The maximum Gasteiger partial charge on any atom is 0.343 e. The van der Waals surface area contributed by atoms with Gasteiger partial charge in [-0.15, -0.1) is 0 Å². The summed E-state index contributed by atoms with van der Waals surface area (Å²) in [6.45, 7) is 0. The van der Waals surface area contributed by atoms with Crippen molar-refractivity contribution >= 4 is 57.6 Å². The number of nitrogens with zero attached hydrogens (tertiary/aromatic N) is 1. The number of benzene rings is 4. The van der Waals surface area contributed by atoms with Crippen LogP contribution in [0.1, 0.15) is 15.9 Å². The Bertz CT molecular complexity index is 1460. The molecule has 182 valence electrons. The number of anilines is 1. The van der Waals surface area contributed by atoms with Crippen molar-refractivity contribution in [2.24, 2.45) is 5.10 Å². The van der Waals surface area contributed by atoms with Gasteiger partial charge in [-0.05, 0) is 65.5 Å². The van der Waals surface area contributed by atoms with Crippen LogP contribution in [0.5, 0.6) is 17.2 Å². The van der Waals surface area contributed by atoms with Gasteiger partial charge in [0.15, 0.2) is 16.6 Å². The summed E-state index contributed by atoms with van der Waals surface area (Å²) in [4.78, 5) is 13.0. The summed E-state index contributed by atoms with van der Waals surface area (Å²) in [5.74, 6) is 0.734. The van der Waals surface area contributed by atoms with Gasteiger partial charge in [-0.3, -0.25) is 5.43 Å². The summed E-state index contributed by atoms with van der Waals surface area (Å²) in [5, 5.41) is 9.95. The van der Waals surface area contributed by atoms with Crippen molar-refractivity contribution in [1.29, 1.82) is 0 Å². The van der Waals surface area contributed by atoms with Gasteiger partial charge in [0.25, 0.3) is 0 Å². The molecule has 4 aromatic rings. The van der Waals surface area contributed by atoms with E-state index in [1.165, 1.54) is 14.2 Å². The number of esters is 1. The number of hydrogen-bond donors (Lipinski definition) is 2. The molecule has 0 saturated heterocycles. The first kappa shape index (κ1) is 25.0. The van der Waals surface area contributed by atoms with E-state index in [-0.39, 0.29) is 5.11 Å². The number of halogens is 1. The van der Waals surface area contributed by atoms with Crippen molar-refractivity contribution in [1.82, 2.24) is 5.43 Å². The summed E-state index contributed by atoms with van der Waals surface area (Å²) in [6.07, 6.45) is 1.56. The van der Waals surface area contributed by atoms with Crippen LogP contribution < -0.4 is 25.0 Å². The highest BCUT2D eigenvalue weighted by molar-refractivity contribution is 7.80. The number of fused-ring (bicyclic) bond motifs is 1. The second kappa shape index (κ2) is 11.5. The molecule has 0 atom stereocenters. The minimum atomic E-state index is -0.549. The number of nitrogens with one attached hydrogen (secondary N) is 2. The fourth-order valence-corrected chi connectivity index (χ4v) is 3.86. The van der Waals surface area contributed by atoms with Gasteiger partial charge in [-0.1, -0.05) is 48.0 Å². The topological polar surface area (TPSA) is 81.2 Å². The van der Waals surface area contributed by atoms with Gasteiger partial charge in [0.1, 0.15) is 5.75 Å². The molecule has 0 heterocycles. The Balaban J connectivity index is 1.57. The predicted octanol–water partition coefficient (Wildman–Crippen LogP) is 6.05. The van der Waals surface area contributed by atoms with Crippen LogP contribution in [0.2, 0.25) is 5.02 Å². The highest BCUT2D eigenvalue weighted by Gasteiger charge is 2.16. The number of hydrogen-bond acceptors (Lipinski definition) is 6. The summed E-state index contributed by atoms with van der Waals surface area (Å²) >= 11 is 11.3. The Morgan fingerprint density at radius 3 is 2.47 bits per heavy atom. The summed E-state index contributed by atoms with van der Waals surface area (Å²) in [7, 11) is 3.03. The first-order valence-corrected chi connectivity index (χ1v) is 11.6. The smallest absolute Gasteiger partial charge is 0.343 e. The molecule has 0 fully saturated rings. The van der Waals surface area contributed by atoms with E-state index in [1.54, 1.807) is 42.6 Å². The Hall–Kier alpha value is -4.14. The third-order valence-electron chi connectivity index (χ3n) is 5.19. The lowest BCUT2D eigenvalue weighted by Gasteiger charge is -2.12. The molecule has 0 bridgehead atoms. The average Bonchev–Trinajstić information content (AvgIpc) is 2.89. The van der Waals surface area contributed by atoms with Gasteiger partial charge in [0.2, 0.25) is 0 Å². The molecule has 0 aliphatic carbocycles. The van der Waals surface area contributed by atoms with Gasteiger partial charge in [-0.2, -0.15) is 5.10 Å². The monoisotopic (exact) mass is 519 g/mol. The Labute approximate surface area is 218 Å². The van der Waals surface area contributed by atoms with Crippen molar-refractivity contribution in [3.8, 4) is 17.2 Å². The molecule has 2 N–H and O–H groups in total. The first-order valence-electron chi connectivity index (χ1n) is 10.8. The van der Waals surface area contributed by atoms with Crippen LogP contribution >= 0.6 is 23.8 Å². The highest BCUT2D eigenvalue weighted by atomic mass is 35.5. The summed E-state index contributed by atoms with van der Waals surface area (Å²) < 4.78 is 16.3. The van der Waals surface area contributed by atoms with E-state index >= 15 is 0 Å². The van der Waals surface area contributed by atoms with E-state index in [9.17, 15) is 4.79 Å². The van der Waals surface area contributed by atoms with Gasteiger partial charge in [0, 0.05) is 16.3 Å². The maximum atomic E-state index is 13.0. The molecule has 4 rings (SSSR count). The summed E-state index contributed by atoms with van der Waals surface area (Å²) in [5.41, 5.74) is 4.43. The molecule has 0 spiro atoms. The van der Waals surface area contributed by atoms with Gasteiger partial charge in [-0.25, -0.2) is 4.79 Å². The van der Waals surface area contributed by atoms with Crippen LogP contribution in [0, 0.1) is 0 Å². The van der Waals surface area contributed by atoms with Crippen LogP contribution in [0.4, 0.5) is 5.69 Å². The first-order chi connectivity index (χ1) is 17.5. The molecule has 7 nitrogen and oxygen atoms in total. The molecule has 0 amide bonds. The van der Waals surface area contributed by atoms with E-state index in [0.717, 1.165) is 16.5 Å². The fourth-order valence-electron chi connectivity index (χ4n) is 3.50. The molecule has 9 heteroatoms. The normalized spacial score (nSPS) is 10.8. The van der Waals surface area contributed by atoms with Crippen LogP contribution in [-0.2, 0) is 0 Å². The maximum absolute atomic E-state index is 13.0. The molecule has 0 aliphatic rings. The van der Waals surface area contributed by atoms with Crippen LogP contribution in [0.15, 0.2) is 84.0 Å². The van der Waals surface area contributed by atoms with Gasteiger partial charge in [0.05, 0.1) is 26.0 Å². The van der Waals surface area contributed by atoms with E-state index in [0.29, 0.717) is 33.4 Å². The lowest BCUT2D eigenvalue weighted by molar-refractivity contribution is 0.0734. The van der Waals surface area contributed by atoms with Crippen molar-refractivity contribution < 1.29 is 19.0 Å². The molecule has 0 saturated carbocycles. The standard InChI is InChI=1S/C27H22ClN3O4S/c1-33-24-13-11-18(14-25(24)34-2)26(32)35-23-12-10-17-6-3-4-9-21(17)22(23)16-29-31-27(36)30-20-8-5-7-19(28)15-20/h3-16H,1-2H3,(H2,30,31,36)/b29-16+. The van der Waals surface area contributed by atoms with Crippen molar-refractivity contribution in [2.45, 2.75) is 0 Å². The van der Waals surface area contributed by atoms with Crippen molar-refractivity contribution in [2.75, 3.05) is 19.5 Å². The van der Waals surface area contributed by atoms with E-state index in [4.69, 9.17) is 38.0 Å². The van der Waals surface area contributed by atoms with Crippen molar-refractivity contribution in [3.05, 3.63) is 95.0 Å². The SMILES string of the molecule is COc1ccc(C(=O)Oc2ccc3ccccc3c2/C=N/NC(=S)Nc2cccc(Cl)c2)cc1OC. The second-order valence-electron chi connectivity index (χ2n) is 7.49. The molecule has 36 heavy (non-hydrogen) atoms. The fraction of sp³-hybridized carbons (Fsp3) is 0.0741. The molecule has 0 aliphatic heterocycles. The quantitative estimate of drug-likeness (QED) is 0.101. The number of carbonyl (C=O) groups is 1. The number of thiocarbonyl (C=S) groups is 1. The zero-order valence-electron chi connectivity index (χ0n) is 19.4. The van der Waals surface area contributed by atoms with Crippen molar-refractivity contribution in [3.63, 3.8) is 0 Å². The van der Waals surface area contributed by atoms with E-state index in [2.05, 4.69) is 15.8 Å². The Morgan fingerprint density at radius 1 is 0.917 bits per heavy atom. The molecular formula is C27H22ClN3O4S. The number of ether oxygens (including phenoxy) is 3. The van der Waals surface area contributed by atoms with Crippen LogP contribution in [-0.4, -0.2) is 31.5 Å². The third kappa shape index (κ3) is 5.91. The Morgan fingerprint density at radius 2 is 1.69 bits per heavy atom. The second-order valence-corrected chi connectivity index (χ2v) is 8.34. The number of rotatable bonds is 7. The minimum Gasteiger partial charge on any atom is -0.493 e. The Kier molecular flexibility index (Phi) is 7.99. The van der Waals surface area contributed by atoms with Gasteiger partial charge >= 0.3 is 5.97 Å². The number of carbonyl (C=O) groups excluding carboxylic acids is 1. The molecular weight excluding hydrogens is 498 g/mol. The molecule has 0 radical (unpaired) electrons. The molecule has 0 aromatic heterocycles. The lowest BCUT2D eigenvalue weighted by atomic mass is 10.0. The highest BCUT2D eigenvalue weighted by Crippen LogP contribution is 2.30. The van der Waals surface area contributed by atoms with E-state index in [1.807, 2.05) is 42.5 Å². The zero-order chi connectivity index (χ0) is 25.5. The van der Waals surface area contributed by atoms with Crippen LogP contribution in [0.3, 0.4) is 0 Å². The minimum absolute atomic E-state index is 0.276. The van der Waals surface area contributed by atoms with E-state index < -0.39 is 5.97 Å². The third-order valence-corrected chi connectivity index (χ3v) is 5.62. The predicted molar refractivity (Wildman–Crippen MR) is 147 cm³/mol. The molecule has 4 aromatic carbocycles. The number of hydrazone groups is 1. The lowest BCUT2D eigenvalue weighted by Crippen LogP contribution is -2.23. The van der Waals surface area contributed by atoms with Crippen LogP contribution in [0.25, 0.3) is 10.8 Å². The summed E-state index contributed by atoms with van der Waals surface area (Å²) in [6, 6.07) is 23.3. The van der Waals surface area contributed by atoms with Gasteiger partial charge < -0.3 is 19.5 Å². The molecule has 0 unspecified atom stereocenters. The zero-order valence-corrected chi connectivity index (χ0v) is 21.0. The average molecular weight is 520 g/mol. The largest absolute Gasteiger partial charge is 0.493 e.